The van der Waals surface area contributed by atoms with Crippen molar-refractivity contribution in [3.05, 3.63) is 0 Å². The predicted molar refractivity (Wildman–Crippen MR) is 56.0 cm³/mol. The van der Waals surface area contributed by atoms with E-state index < -0.39 is 10.4 Å². The van der Waals surface area contributed by atoms with Crippen molar-refractivity contribution in [2.24, 2.45) is 0 Å². The van der Waals surface area contributed by atoms with Crippen molar-refractivity contribution in [3.8, 4) is 6.07 Å². The van der Waals surface area contributed by atoms with Gasteiger partial charge in [-0.25, -0.2) is 0 Å². The molecule has 0 aromatic carbocycles. The van der Waals surface area contributed by atoms with E-state index in [1.807, 2.05) is 0 Å². The quantitative estimate of drug-likeness (QED) is 0.492. The summed E-state index contributed by atoms with van der Waals surface area (Å²) >= 11 is 0. The van der Waals surface area contributed by atoms with Crippen LogP contribution in [0.5, 0.6) is 0 Å². The average molecular weight is 236 g/mol. The molecule has 0 aliphatic carbocycles. The normalized spacial score (nSPS) is 11.2. The number of unbranched alkanes of at least 4 members (excludes halogenated alkanes) is 6. The summed E-state index contributed by atoms with van der Waals surface area (Å²) in [6.45, 7) is 0.164. The molecule has 1 N–H and O–H groups in total. The molecule has 0 rings (SSSR count). The Hall–Kier alpha value is -0.670. The summed E-state index contributed by atoms with van der Waals surface area (Å²) < 4.78 is 33.8. The molecule has 0 spiro atoms. The predicted octanol–water partition coefficient (Wildman–Crippen LogP) is 2.04. The molecule has 0 saturated heterocycles. The fraction of sp³-hybridized carbons (Fsp3) is 0.889. The molecular weight excluding hydrogens is 219 g/mol. The average Bonchev–Trinajstić information content (AvgIpc) is 2.14. The third-order valence-corrected chi connectivity index (χ3v) is 2.54. The molecule has 0 bridgehead atoms. The van der Waals surface area contributed by atoms with Gasteiger partial charge < -0.3 is 0 Å². The van der Waals surface area contributed by atoms with Crippen LogP contribution in [-0.2, 0) is 10.4 Å². The minimum atomic E-state index is -4.51. The van der Waals surface area contributed by atoms with Gasteiger partial charge in [0, 0.05) is 13.0 Å². The van der Waals surface area contributed by atoms with E-state index >= 15 is 0 Å². The van der Waals surface area contributed by atoms with Crippen molar-refractivity contribution in [1.29, 1.82) is 5.26 Å². The van der Waals surface area contributed by atoms with Crippen LogP contribution in [0.3, 0.4) is 0 Å². The number of nitrogens with one attached hydrogen (secondary N) is 1. The van der Waals surface area contributed by atoms with Crippen molar-refractivity contribution >= 4 is 10.4 Å². The lowest BCUT2D eigenvalue weighted by atomic mass is 10.1. The summed E-state index contributed by atoms with van der Waals surface area (Å²) in [6, 6.07) is 2.08. The lowest BCUT2D eigenvalue weighted by molar-refractivity contribution is 0.528. The summed E-state index contributed by atoms with van der Waals surface area (Å²) in [5, 5.41) is 8.26. The number of hydrogen-bond acceptors (Lipinski definition) is 3. The van der Waals surface area contributed by atoms with Gasteiger partial charge in [0.25, 0.3) is 0 Å². The molecule has 0 radical (unpaired) electrons. The fourth-order valence-corrected chi connectivity index (χ4v) is 1.62. The van der Waals surface area contributed by atoms with Crippen LogP contribution in [-0.4, -0.2) is 15.0 Å². The first kappa shape index (κ1) is 14.3. The maximum atomic E-state index is 11.9. The third kappa shape index (κ3) is 13.3. The highest BCUT2D eigenvalue weighted by molar-refractivity contribution is 7.84. The fourth-order valence-electron chi connectivity index (χ4n) is 1.23. The van der Waals surface area contributed by atoms with E-state index in [1.165, 1.54) is 0 Å². The number of halogens is 1. The topological polar surface area (TPSA) is 70.0 Å². The Kier molecular flexibility index (Phi) is 8.24. The summed E-state index contributed by atoms with van der Waals surface area (Å²) in [6.07, 6.45) is 6.14. The number of nitriles is 1. The summed E-state index contributed by atoms with van der Waals surface area (Å²) in [7, 11) is -4.51. The van der Waals surface area contributed by atoms with Crippen molar-refractivity contribution in [2.45, 2.75) is 44.9 Å². The van der Waals surface area contributed by atoms with Crippen LogP contribution in [0.1, 0.15) is 44.9 Å². The Morgan fingerprint density at radius 1 is 1.07 bits per heavy atom. The Morgan fingerprint density at radius 3 is 2.13 bits per heavy atom. The van der Waals surface area contributed by atoms with Gasteiger partial charge in [-0.1, -0.05) is 29.6 Å². The molecule has 0 aromatic heterocycles. The number of hydrogen-bond donors (Lipinski definition) is 1. The lowest BCUT2D eigenvalue weighted by Gasteiger charge is -2.00. The van der Waals surface area contributed by atoms with Crippen LogP contribution in [0, 0.1) is 11.3 Å². The minimum absolute atomic E-state index is 0.164. The van der Waals surface area contributed by atoms with Crippen LogP contribution in [0.4, 0.5) is 3.89 Å². The molecular formula is C9H17FN2O2S. The van der Waals surface area contributed by atoms with Gasteiger partial charge >= 0.3 is 10.4 Å². The van der Waals surface area contributed by atoms with Gasteiger partial charge in [-0.2, -0.15) is 18.4 Å². The van der Waals surface area contributed by atoms with Gasteiger partial charge in [-0.15, -0.1) is 0 Å². The summed E-state index contributed by atoms with van der Waals surface area (Å²) in [4.78, 5) is 0. The van der Waals surface area contributed by atoms with Crippen molar-refractivity contribution < 1.29 is 12.3 Å². The first-order valence-corrected chi connectivity index (χ1v) is 6.51. The number of rotatable bonds is 9. The van der Waals surface area contributed by atoms with E-state index in [9.17, 15) is 12.3 Å². The molecule has 88 valence electrons. The minimum Gasteiger partial charge on any atom is -0.198 e. The smallest absolute Gasteiger partial charge is 0.198 e. The zero-order valence-corrected chi connectivity index (χ0v) is 9.52. The van der Waals surface area contributed by atoms with Gasteiger partial charge in [-0.3, -0.25) is 0 Å². The first-order valence-electron chi connectivity index (χ1n) is 5.12. The monoisotopic (exact) mass is 236 g/mol. The van der Waals surface area contributed by atoms with Gasteiger partial charge in [0.05, 0.1) is 6.07 Å². The van der Waals surface area contributed by atoms with Crippen molar-refractivity contribution in [3.63, 3.8) is 0 Å². The molecule has 0 unspecified atom stereocenters. The molecule has 0 heterocycles. The Balaban J connectivity index is 3.10. The number of nitrogens with zero attached hydrogens (tertiary/aromatic N) is 1. The highest BCUT2D eigenvalue weighted by atomic mass is 32.3. The van der Waals surface area contributed by atoms with Crippen molar-refractivity contribution in [2.75, 3.05) is 6.54 Å². The Labute approximate surface area is 90.8 Å². The van der Waals surface area contributed by atoms with Crippen LogP contribution in [0.15, 0.2) is 0 Å². The van der Waals surface area contributed by atoms with Crippen LogP contribution >= 0.6 is 0 Å². The highest BCUT2D eigenvalue weighted by Gasteiger charge is 2.02. The largest absolute Gasteiger partial charge is 0.372 e. The van der Waals surface area contributed by atoms with E-state index in [2.05, 4.69) is 6.07 Å². The van der Waals surface area contributed by atoms with E-state index in [4.69, 9.17) is 5.26 Å². The van der Waals surface area contributed by atoms with Gasteiger partial charge in [0.15, 0.2) is 0 Å². The molecule has 0 aromatic rings. The van der Waals surface area contributed by atoms with Crippen LogP contribution < -0.4 is 4.72 Å². The second-order valence-electron chi connectivity index (χ2n) is 3.36. The van der Waals surface area contributed by atoms with Gasteiger partial charge in [-0.05, 0) is 12.8 Å². The molecule has 0 fully saturated rings. The summed E-state index contributed by atoms with van der Waals surface area (Å²) in [5.74, 6) is 0. The highest BCUT2D eigenvalue weighted by Crippen LogP contribution is 2.06. The van der Waals surface area contributed by atoms with Crippen molar-refractivity contribution in [1.82, 2.24) is 4.72 Å². The van der Waals surface area contributed by atoms with E-state index in [1.54, 1.807) is 4.72 Å². The zero-order valence-electron chi connectivity index (χ0n) is 8.71. The van der Waals surface area contributed by atoms with E-state index in [0.717, 1.165) is 32.1 Å². The molecule has 0 aliphatic rings. The third-order valence-electron chi connectivity index (χ3n) is 1.99. The molecule has 0 atom stereocenters. The standard InChI is InChI=1S/C9H17FN2O2S/c10-15(13,14)12-9-7-5-3-1-2-4-6-8-11/h12H,1-7,9H2. The maximum Gasteiger partial charge on any atom is 0.372 e. The summed E-state index contributed by atoms with van der Waals surface area (Å²) in [5.41, 5.74) is 0. The SMILES string of the molecule is N#CCCCCCCCCNS(=O)(=O)F. The maximum absolute atomic E-state index is 11.9. The van der Waals surface area contributed by atoms with E-state index in [-0.39, 0.29) is 6.54 Å². The lowest BCUT2D eigenvalue weighted by Crippen LogP contribution is -2.19. The van der Waals surface area contributed by atoms with E-state index in [0.29, 0.717) is 12.8 Å². The van der Waals surface area contributed by atoms with Crippen LogP contribution in [0.25, 0.3) is 0 Å². The zero-order chi connectivity index (χ0) is 11.6. The molecule has 15 heavy (non-hydrogen) atoms. The Bertz CT molecular complexity index is 285. The van der Waals surface area contributed by atoms with Gasteiger partial charge in [0.1, 0.15) is 0 Å². The molecule has 0 amide bonds. The molecule has 4 nitrogen and oxygen atoms in total. The van der Waals surface area contributed by atoms with Crippen LogP contribution in [0.2, 0.25) is 0 Å². The Morgan fingerprint density at radius 2 is 1.60 bits per heavy atom. The molecule has 6 heteroatoms. The second kappa shape index (κ2) is 8.62. The molecule has 0 saturated carbocycles. The first-order chi connectivity index (χ1) is 7.06. The molecule has 0 aliphatic heterocycles. The second-order valence-corrected chi connectivity index (χ2v) is 4.53. The van der Waals surface area contributed by atoms with Gasteiger partial charge in [0.2, 0.25) is 0 Å².